The number of ether oxygens (including phenoxy) is 1. The average Bonchev–Trinajstić information content (AvgIpc) is 3.44. The number of hydrogen-bond donors (Lipinski definition) is 2. The minimum absolute atomic E-state index is 0.111. The maximum absolute atomic E-state index is 14.9. The van der Waals surface area contributed by atoms with Crippen LogP contribution in [0.4, 0.5) is 33.3 Å². The first-order valence-electron chi connectivity index (χ1n) is 13.0. The van der Waals surface area contributed by atoms with Crippen molar-refractivity contribution in [2.24, 2.45) is 0 Å². The molecule has 2 N–H and O–H groups in total. The van der Waals surface area contributed by atoms with Crippen LogP contribution in [-0.2, 0) is 16.1 Å². The third-order valence-corrected chi connectivity index (χ3v) is 7.26. The Morgan fingerprint density at radius 3 is 2.58 bits per heavy atom. The lowest BCUT2D eigenvalue weighted by Gasteiger charge is -2.42. The third-order valence-electron chi connectivity index (χ3n) is 7.02. The lowest BCUT2D eigenvalue weighted by atomic mass is 10.1. The van der Waals surface area contributed by atoms with Crippen molar-refractivity contribution < 1.29 is 36.3 Å². The first-order chi connectivity index (χ1) is 18.9. The first kappa shape index (κ1) is 30.0. The second-order valence-corrected chi connectivity index (χ2v) is 10.4. The van der Waals surface area contributed by atoms with E-state index in [1.165, 1.54) is 18.2 Å². The number of carbonyl (C=O) groups is 2. The highest BCUT2D eigenvalue weighted by Gasteiger charge is 2.31. The van der Waals surface area contributed by atoms with E-state index in [1.807, 2.05) is 11.8 Å². The first-order valence-corrected chi connectivity index (χ1v) is 13.3. The summed E-state index contributed by atoms with van der Waals surface area (Å²) in [5.74, 6) is -3.92. The average molecular weight is 589 g/mol. The van der Waals surface area contributed by atoms with Crippen molar-refractivity contribution in [3.63, 3.8) is 0 Å². The summed E-state index contributed by atoms with van der Waals surface area (Å²) >= 11 is 6.20. The van der Waals surface area contributed by atoms with Gasteiger partial charge in [-0.1, -0.05) is 17.7 Å². The smallest absolute Gasteiger partial charge is 0.368 e. The van der Waals surface area contributed by atoms with Gasteiger partial charge >= 0.3 is 6.18 Å². The van der Waals surface area contributed by atoms with E-state index in [4.69, 9.17) is 16.3 Å². The number of rotatable bonds is 8. The molecule has 2 heterocycles. The van der Waals surface area contributed by atoms with Crippen molar-refractivity contribution >= 4 is 34.8 Å². The summed E-state index contributed by atoms with van der Waals surface area (Å²) in [5.41, 5.74) is 0.151. The number of benzene rings is 2. The summed E-state index contributed by atoms with van der Waals surface area (Å²) in [6, 6.07) is 6.82. The van der Waals surface area contributed by atoms with Crippen molar-refractivity contribution in [3.8, 4) is 0 Å². The molecule has 2 fully saturated rings. The number of hydrogen-bond acceptors (Lipinski definition) is 5. The normalized spacial score (nSPS) is 20.0. The molecule has 0 aromatic heterocycles. The lowest BCUT2D eigenvalue weighted by molar-refractivity contribution is -0.138. The van der Waals surface area contributed by atoms with E-state index in [0.29, 0.717) is 43.4 Å². The molecule has 0 aliphatic carbocycles. The SMILES string of the molecule is C[C@H]1CN(CCC(F)(F)F)CCN1c1cc(Cl)ccc1NC(=O)c1ccc(CNC(=O)[C@H]2CCCO2)c(F)c1F. The molecule has 0 radical (unpaired) electrons. The third kappa shape index (κ3) is 7.41. The molecule has 2 amide bonds. The van der Waals surface area contributed by atoms with Crippen LogP contribution in [0.2, 0.25) is 5.02 Å². The summed E-state index contributed by atoms with van der Waals surface area (Å²) in [6.07, 6.45) is -4.45. The summed E-state index contributed by atoms with van der Waals surface area (Å²) in [4.78, 5) is 28.7. The van der Waals surface area contributed by atoms with E-state index < -0.39 is 47.7 Å². The molecule has 0 spiro atoms. The predicted molar refractivity (Wildman–Crippen MR) is 141 cm³/mol. The van der Waals surface area contributed by atoms with E-state index in [1.54, 1.807) is 11.0 Å². The summed E-state index contributed by atoms with van der Waals surface area (Å²) in [6.45, 7) is 3.04. The fourth-order valence-corrected chi connectivity index (χ4v) is 5.06. The second kappa shape index (κ2) is 12.7. The van der Waals surface area contributed by atoms with Crippen molar-refractivity contribution in [2.75, 3.05) is 43.0 Å². The zero-order valence-corrected chi connectivity index (χ0v) is 22.5. The van der Waals surface area contributed by atoms with Gasteiger partial charge in [0.25, 0.3) is 5.91 Å². The van der Waals surface area contributed by atoms with Crippen molar-refractivity contribution in [2.45, 2.75) is 51.1 Å². The number of piperazine rings is 1. The molecular weight excluding hydrogens is 559 g/mol. The molecular formula is C27H30ClF5N4O3. The second-order valence-electron chi connectivity index (χ2n) is 9.94. The van der Waals surface area contributed by atoms with Gasteiger partial charge in [-0.3, -0.25) is 14.5 Å². The monoisotopic (exact) mass is 588 g/mol. The molecule has 2 atom stereocenters. The van der Waals surface area contributed by atoms with Crippen LogP contribution in [0.1, 0.15) is 42.1 Å². The molecule has 2 aliphatic heterocycles. The fraction of sp³-hybridized carbons (Fsp3) is 0.481. The largest absolute Gasteiger partial charge is 0.390 e. The van der Waals surface area contributed by atoms with E-state index in [9.17, 15) is 31.5 Å². The number of carbonyl (C=O) groups excluding carboxylic acids is 2. The Bertz CT molecular complexity index is 1240. The molecule has 40 heavy (non-hydrogen) atoms. The van der Waals surface area contributed by atoms with Gasteiger partial charge in [-0.2, -0.15) is 13.2 Å². The van der Waals surface area contributed by atoms with E-state index >= 15 is 0 Å². The van der Waals surface area contributed by atoms with Gasteiger partial charge in [0.2, 0.25) is 5.91 Å². The quantitative estimate of drug-likeness (QED) is 0.419. The maximum Gasteiger partial charge on any atom is 0.390 e. The van der Waals surface area contributed by atoms with Crippen molar-refractivity contribution in [3.05, 3.63) is 58.1 Å². The summed E-state index contributed by atoms with van der Waals surface area (Å²) in [7, 11) is 0. The van der Waals surface area contributed by atoms with Gasteiger partial charge in [-0.05, 0) is 44.0 Å². The number of anilines is 2. The Hall–Kier alpha value is -2.96. The minimum atomic E-state index is -4.24. The summed E-state index contributed by atoms with van der Waals surface area (Å²) in [5, 5.41) is 5.50. The Morgan fingerprint density at radius 1 is 1.12 bits per heavy atom. The predicted octanol–water partition coefficient (Wildman–Crippen LogP) is 5.13. The Labute approximate surface area is 233 Å². The maximum atomic E-state index is 14.9. The molecule has 4 rings (SSSR count). The van der Waals surface area contributed by atoms with Crippen LogP contribution in [0.5, 0.6) is 0 Å². The van der Waals surface area contributed by atoms with Gasteiger partial charge in [0.05, 0.1) is 23.4 Å². The van der Waals surface area contributed by atoms with Crippen molar-refractivity contribution in [1.82, 2.24) is 10.2 Å². The molecule has 0 bridgehead atoms. The number of alkyl halides is 3. The number of halogens is 6. The Kier molecular flexibility index (Phi) is 9.52. The molecule has 218 valence electrons. The number of nitrogens with zero attached hydrogens (tertiary/aromatic N) is 2. The van der Waals surface area contributed by atoms with Crippen LogP contribution in [0.25, 0.3) is 0 Å². The standard InChI is InChI=1S/C27H30ClF5N4O3/c1-16-15-36(9-8-27(31,32)33)10-11-37(16)21-13-18(28)5-7-20(21)35-25(38)19-6-4-17(23(29)24(19)30)14-34-26(39)22-3-2-12-40-22/h4-7,13,16,22H,2-3,8-12,14-15H2,1H3,(H,34,39)(H,35,38)/t16-,22+/m0/s1. The molecule has 13 heteroatoms. The van der Waals surface area contributed by atoms with Gasteiger partial charge in [-0.25, -0.2) is 8.78 Å². The van der Waals surface area contributed by atoms with Crippen LogP contribution in [0.15, 0.2) is 30.3 Å². The highest BCUT2D eigenvalue weighted by molar-refractivity contribution is 6.31. The van der Waals surface area contributed by atoms with Crippen LogP contribution in [0.3, 0.4) is 0 Å². The molecule has 2 aromatic carbocycles. The molecule has 2 saturated heterocycles. The van der Waals surface area contributed by atoms with Gasteiger partial charge < -0.3 is 20.3 Å². The fourth-order valence-electron chi connectivity index (χ4n) is 4.90. The molecule has 0 unspecified atom stereocenters. The zero-order chi connectivity index (χ0) is 29.0. The van der Waals surface area contributed by atoms with E-state index in [2.05, 4.69) is 10.6 Å². The van der Waals surface area contributed by atoms with Gasteiger partial charge in [-0.15, -0.1) is 0 Å². The van der Waals surface area contributed by atoms with Gasteiger partial charge in [0.1, 0.15) is 6.10 Å². The van der Waals surface area contributed by atoms with E-state index in [-0.39, 0.29) is 30.4 Å². The van der Waals surface area contributed by atoms with E-state index in [0.717, 1.165) is 12.5 Å². The Balaban J connectivity index is 1.44. The van der Waals surface area contributed by atoms with Crippen LogP contribution in [0, 0.1) is 11.6 Å². The number of amides is 2. The Morgan fingerprint density at radius 2 is 1.90 bits per heavy atom. The topological polar surface area (TPSA) is 73.9 Å². The molecule has 2 aliphatic rings. The van der Waals surface area contributed by atoms with Crippen LogP contribution < -0.4 is 15.5 Å². The highest BCUT2D eigenvalue weighted by Crippen LogP contribution is 2.33. The van der Waals surface area contributed by atoms with Gasteiger partial charge in [0.15, 0.2) is 11.6 Å². The minimum Gasteiger partial charge on any atom is -0.368 e. The highest BCUT2D eigenvalue weighted by atomic mass is 35.5. The molecule has 0 saturated carbocycles. The van der Waals surface area contributed by atoms with Crippen LogP contribution in [-0.4, -0.2) is 67.8 Å². The van der Waals surface area contributed by atoms with Crippen LogP contribution >= 0.6 is 11.6 Å². The molecule has 2 aromatic rings. The molecule has 7 nitrogen and oxygen atoms in total. The summed E-state index contributed by atoms with van der Waals surface area (Å²) < 4.78 is 72.9. The number of nitrogens with one attached hydrogen (secondary N) is 2. The lowest BCUT2D eigenvalue weighted by Crippen LogP contribution is -2.52. The zero-order valence-electron chi connectivity index (χ0n) is 21.8. The van der Waals surface area contributed by atoms with Crippen molar-refractivity contribution in [1.29, 1.82) is 0 Å². The van der Waals surface area contributed by atoms with Gasteiger partial charge in [0, 0.05) is 56.0 Å².